The fourth-order valence-electron chi connectivity index (χ4n) is 3.70. The summed E-state index contributed by atoms with van der Waals surface area (Å²) in [5.41, 5.74) is -0.152. The van der Waals surface area contributed by atoms with Gasteiger partial charge in [0.1, 0.15) is 11.6 Å². The Morgan fingerprint density at radius 3 is 2.32 bits per heavy atom. The molecule has 2 saturated heterocycles. The van der Waals surface area contributed by atoms with Crippen molar-refractivity contribution in [2.24, 2.45) is 11.8 Å². The molecule has 0 spiro atoms. The minimum Gasteiger partial charge on any atom is -0.343 e. The second-order valence-corrected chi connectivity index (χ2v) is 6.68. The number of fused-ring (bicyclic) bond motifs is 1. The molecule has 1 N–H and O–H groups in total. The van der Waals surface area contributed by atoms with E-state index in [1.165, 1.54) is 0 Å². The van der Waals surface area contributed by atoms with E-state index in [1.807, 2.05) is 4.90 Å². The molecule has 0 unspecified atom stereocenters. The Hall–Kier alpha value is -1.53. The summed E-state index contributed by atoms with van der Waals surface area (Å²) in [6.07, 6.45) is 2.00. The predicted molar refractivity (Wildman–Crippen MR) is 92.8 cm³/mol. The van der Waals surface area contributed by atoms with E-state index < -0.39 is 17.4 Å². The second-order valence-electron chi connectivity index (χ2n) is 6.68. The molecule has 138 valence electrons. The molecule has 0 aliphatic carbocycles. The molecule has 1 aromatic carbocycles. The Morgan fingerprint density at radius 2 is 1.72 bits per heavy atom. The van der Waals surface area contributed by atoms with Gasteiger partial charge >= 0.3 is 0 Å². The van der Waals surface area contributed by atoms with E-state index >= 15 is 0 Å². The molecular formula is C18H23ClF2N2O2. The summed E-state index contributed by atoms with van der Waals surface area (Å²) in [4.78, 5) is 26.2. The summed E-state index contributed by atoms with van der Waals surface area (Å²) in [6.45, 7) is 3.49. The SMILES string of the molecule is Cl.O=C(CCC(=O)N1CC[C@@H]2CNC[C@@H]2CC1)c1ccc(F)cc1F. The molecule has 2 atom stereocenters. The van der Waals surface area contributed by atoms with Gasteiger partial charge in [-0.15, -0.1) is 12.4 Å². The zero-order valence-electron chi connectivity index (χ0n) is 14.0. The summed E-state index contributed by atoms with van der Waals surface area (Å²) in [5.74, 6) is -0.835. The van der Waals surface area contributed by atoms with Crippen molar-refractivity contribution in [1.29, 1.82) is 0 Å². The van der Waals surface area contributed by atoms with Gasteiger partial charge in [0.15, 0.2) is 5.78 Å². The van der Waals surface area contributed by atoms with E-state index in [-0.39, 0.29) is 36.7 Å². The first-order chi connectivity index (χ1) is 11.5. The maximum Gasteiger partial charge on any atom is 0.223 e. The summed E-state index contributed by atoms with van der Waals surface area (Å²) in [7, 11) is 0. The number of nitrogens with one attached hydrogen (secondary N) is 1. The van der Waals surface area contributed by atoms with Crippen molar-refractivity contribution in [1.82, 2.24) is 10.2 Å². The van der Waals surface area contributed by atoms with Crippen LogP contribution in [0.1, 0.15) is 36.0 Å². The monoisotopic (exact) mass is 372 g/mol. The van der Waals surface area contributed by atoms with Crippen molar-refractivity contribution in [3.63, 3.8) is 0 Å². The highest BCUT2D eigenvalue weighted by molar-refractivity contribution is 5.98. The zero-order chi connectivity index (χ0) is 17.1. The smallest absolute Gasteiger partial charge is 0.223 e. The van der Waals surface area contributed by atoms with Crippen LogP contribution in [0.2, 0.25) is 0 Å². The van der Waals surface area contributed by atoms with Gasteiger partial charge in [0.25, 0.3) is 0 Å². The highest BCUT2D eigenvalue weighted by atomic mass is 35.5. The van der Waals surface area contributed by atoms with E-state index in [9.17, 15) is 18.4 Å². The molecule has 0 aromatic heterocycles. The minimum absolute atomic E-state index is 0. The molecule has 0 radical (unpaired) electrons. The molecule has 25 heavy (non-hydrogen) atoms. The van der Waals surface area contributed by atoms with Gasteiger partial charge in [0.2, 0.25) is 5.91 Å². The van der Waals surface area contributed by atoms with Gasteiger partial charge in [-0.1, -0.05) is 0 Å². The summed E-state index contributed by atoms with van der Waals surface area (Å²) >= 11 is 0. The van der Waals surface area contributed by atoms with Crippen molar-refractivity contribution in [3.05, 3.63) is 35.4 Å². The number of benzene rings is 1. The summed E-state index contributed by atoms with van der Waals surface area (Å²) in [6, 6.07) is 2.88. The molecule has 2 fully saturated rings. The van der Waals surface area contributed by atoms with Crippen LogP contribution in [0.25, 0.3) is 0 Å². The number of nitrogens with zero attached hydrogens (tertiary/aromatic N) is 1. The van der Waals surface area contributed by atoms with Gasteiger partial charge in [0, 0.05) is 32.0 Å². The molecule has 2 aliphatic heterocycles. The molecule has 0 saturated carbocycles. The molecule has 1 amide bonds. The number of rotatable bonds is 4. The Labute approximate surface area is 152 Å². The van der Waals surface area contributed by atoms with E-state index in [0.29, 0.717) is 17.9 Å². The van der Waals surface area contributed by atoms with E-state index in [0.717, 1.165) is 51.2 Å². The minimum atomic E-state index is -0.873. The predicted octanol–water partition coefficient (Wildman–Crippen LogP) is 2.81. The molecule has 2 heterocycles. The van der Waals surface area contributed by atoms with Crippen LogP contribution in [0.3, 0.4) is 0 Å². The fraction of sp³-hybridized carbons (Fsp3) is 0.556. The van der Waals surface area contributed by atoms with Crippen LogP contribution < -0.4 is 5.32 Å². The molecule has 0 bridgehead atoms. The van der Waals surface area contributed by atoms with Crippen molar-refractivity contribution in [2.45, 2.75) is 25.7 Å². The van der Waals surface area contributed by atoms with Crippen LogP contribution in [0.15, 0.2) is 18.2 Å². The number of amides is 1. The maximum atomic E-state index is 13.6. The summed E-state index contributed by atoms with van der Waals surface area (Å²) in [5, 5.41) is 3.39. The molecule has 7 heteroatoms. The quantitative estimate of drug-likeness (QED) is 0.827. The largest absolute Gasteiger partial charge is 0.343 e. The van der Waals surface area contributed by atoms with Crippen molar-refractivity contribution >= 4 is 24.1 Å². The normalized spacial score (nSPS) is 22.7. The topological polar surface area (TPSA) is 49.4 Å². The molecular weight excluding hydrogens is 350 g/mol. The highest BCUT2D eigenvalue weighted by Gasteiger charge is 2.31. The summed E-state index contributed by atoms with van der Waals surface area (Å²) < 4.78 is 26.5. The second kappa shape index (κ2) is 8.72. The first-order valence-corrected chi connectivity index (χ1v) is 8.51. The third kappa shape index (κ3) is 4.76. The van der Waals surface area contributed by atoms with E-state index in [4.69, 9.17) is 0 Å². The van der Waals surface area contributed by atoms with Crippen LogP contribution in [-0.4, -0.2) is 42.8 Å². The number of Topliss-reactive ketones (excluding diaryl/α,β-unsaturated/α-hetero) is 1. The molecule has 3 rings (SSSR count). The standard InChI is InChI=1S/C18H22F2N2O2.ClH/c19-14-1-2-15(16(20)9-14)17(23)3-4-18(24)22-7-5-12-10-21-11-13(12)6-8-22;/h1-2,9,12-13,21H,3-8,10-11H2;1H/t12-,13+;. The Bertz CT molecular complexity index is 628. The van der Waals surface area contributed by atoms with Gasteiger partial charge in [-0.25, -0.2) is 8.78 Å². The Morgan fingerprint density at radius 1 is 1.08 bits per heavy atom. The van der Waals surface area contributed by atoms with Crippen LogP contribution >= 0.6 is 12.4 Å². The number of carbonyl (C=O) groups is 2. The lowest BCUT2D eigenvalue weighted by atomic mass is 9.92. The van der Waals surface area contributed by atoms with Crippen LogP contribution in [0.4, 0.5) is 8.78 Å². The number of ketones is 1. The third-order valence-electron chi connectivity index (χ3n) is 5.17. The van der Waals surface area contributed by atoms with Crippen LogP contribution in [-0.2, 0) is 4.79 Å². The maximum absolute atomic E-state index is 13.6. The number of hydrogen-bond donors (Lipinski definition) is 1. The van der Waals surface area contributed by atoms with Gasteiger partial charge in [-0.05, 0) is 49.9 Å². The fourth-order valence-corrected chi connectivity index (χ4v) is 3.70. The molecule has 4 nitrogen and oxygen atoms in total. The average Bonchev–Trinajstić information content (AvgIpc) is 2.91. The first-order valence-electron chi connectivity index (χ1n) is 8.51. The number of likely N-dealkylation sites (tertiary alicyclic amines) is 1. The zero-order valence-corrected chi connectivity index (χ0v) is 14.8. The lowest BCUT2D eigenvalue weighted by Crippen LogP contribution is -2.33. The molecule has 1 aromatic rings. The van der Waals surface area contributed by atoms with E-state index in [2.05, 4.69) is 5.32 Å². The number of carbonyl (C=O) groups excluding carboxylic acids is 2. The third-order valence-corrected chi connectivity index (χ3v) is 5.17. The van der Waals surface area contributed by atoms with Gasteiger partial charge in [-0.2, -0.15) is 0 Å². The lowest BCUT2D eigenvalue weighted by Gasteiger charge is -2.20. The van der Waals surface area contributed by atoms with Crippen LogP contribution in [0.5, 0.6) is 0 Å². The van der Waals surface area contributed by atoms with Crippen molar-refractivity contribution < 1.29 is 18.4 Å². The van der Waals surface area contributed by atoms with Crippen molar-refractivity contribution in [2.75, 3.05) is 26.2 Å². The van der Waals surface area contributed by atoms with Crippen molar-refractivity contribution in [3.8, 4) is 0 Å². The Kier molecular flexibility index (Phi) is 6.90. The lowest BCUT2D eigenvalue weighted by molar-refractivity contribution is -0.131. The van der Waals surface area contributed by atoms with Gasteiger partial charge in [-0.3, -0.25) is 9.59 Å². The number of halogens is 3. The molecule has 2 aliphatic rings. The Balaban J connectivity index is 0.00000225. The van der Waals surface area contributed by atoms with Crippen LogP contribution in [0, 0.1) is 23.5 Å². The van der Waals surface area contributed by atoms with Gasteiger partial charge < -0.3 is 10.2 Å². The van der Waals surface area contributed by atoms with E-state index in [1.54, 1.807) is 0 Å². The first kappa shape index (κ1) is 19.8. The number of hydrogen-bond acceptors (Lipinski definition) is 3. The van der Waals surface area contributed by atoms with Gasteiger partial charge in [0.05, 0.1) is 5.56 Å². The highest BCUT2D eigenvalue weighted by Crippen LogP contribution is 2.27. The average molecular weight is 373 g/mol.